The fraction of sp³-hybridized carbons (Fsp3) is 0.300. The minimum atomic E-state index is -0.944. The van der Waals surface area contributed by atoms with Gasteiger partial charge in [0, 0.05) is 5.56 Å². The van der Waals surface area contributed by atoms with Crippen molar-refractivity contribution in [1.82, 2.24) is 5.32 Å². The lowest BCUT2D eigenvalue weighted by Gasteiger charge is -2.24. The molecular formula is C20H20N2O3. The average molecular weight is 336 g/mol. The lowest BCUT2D eigenvalue weighted by Crippen LogP contribution is -2.45. The Labute approximate surface area is 147 Å². The maximum atomic E-state index is 12.6. The van der Waals surface area contributed by atoms with Crippen LogP contribution in [-0.4, -0.2) is 24.7 Å². The normalized spacial score (nSPS) is 14.9. The minimum Gasteiger partial charge on any atom is -0.486 e. The van der Waals surface area contributed by atoms with Crippen LogP contribution in [0.1, 0.15) is 29.3 Å². The van der Waals surface area contributed by atoms with Crippen molar-refractivity contribution in [3.05, 3.63) is 59.7 Å². The Balaban J connectivity index is 1.68. The molecule has 1 aliphatic rings. The molecule has 3 rings (SSSR count). The predicted molar refractivity (Wildman–Crippen MR) is 93.7 cm³/mol. The number of nitrogens with zero attached hydrogens (tertiary/aromatic N) is 1. The van der Waals surface area contributed by atoms with E-state index in [1.54, 1.807) is 25.1 Å². The van der Waals surface area contributed by atoms with Gasteiger partial charge in [0.25, 0.3) is 5.91 Å². The molecule has 0 bridgehead atoms. The Morgan fingerprint density at radius 2 is 1.88 bits per heavy atom. The highest BCUT2D eigenvalue weighted by molar-refractivity contribution is 5.95. The molecule has 128 valence electrons. The third-order valence-electron chi connectivity index (χ3n) is 4.20. The van der Waals surface area contributed by atoms with Crippen molar-refractivity contribution >= 4 is 5.91 Å². The first-order valence-corrected chi connectivity index (χ1v) is 8.27. The van der Waals surface area contributed by atoms with Crippen molar-refractivity contribution in [2.24, 2.45) is 0 Å². The van der Waals surface area contributed by atoms with Crippen molar-refractivity contribution in [1.29, 1.82) is 5.26 Å². The monoisotopic (exact) mass is 336 g/mol. The van der Waals surface area contributed by atoms with Crippen molar-refractivity contribution in [2.45, 2.75) is 25.3 Å². The molecule has 1 amide bonds. The van der Waals surface area contributed by atoms with E-state index in [0.717, 1.165) is 5.56 Å². The van der Waals surface area contributed by atoms with E-state index < -0.39 is 5.54 Å². The number of amides is 1. The number of hydrogen-bond acceptors (Lipinski definition) is 4. The van der Waals surface area contributed by atoms with Gasteiger partial charge in [-0.05, 0) is 43.5 Å². The van der Waals surface area contributed by atoms with Crippen LogP contribution in [0.25, 0.3) is 0 Å². The molecule has 1 heterocycles. The van der Waals surface area contributed by atoms with Crippen LogP contribution >= 0.6 is 0 Å². The second-order valence-electron chi connectivity index (χ2n) is 6.24. The number of benzene rings is 2. The topological polar surface area (TPSA) is 71.4 Å². The molecule has 0 fully saturated rings. The van der Waals surface area contributed by atoms with Gasteiger partial charge in [-0.1, -0.05) is 30.3 Å². The molecule has 5 heteroatoms. The maximum absolute atomic E-state index is 12.6. The highest BCUT2D eigenvalue weighted by Crippen LogP contribution is 2.30. The van der Waals surface area contributed by atoms with Gasteiger partial charge >= 0.3 is 0 Å². The second-order valence-corrected chi connectivity index (χ2v) is 6.24. The number of carbonyl (C=O) groups is 1. The SMILES string of the molecule is C[C@@](C#N)(CCc1ccccc1)NC(=O)c1ccc2c(c1)OCCO2. The van der Waals surface area contributed by atoms with Gasteiger partial charge in [0.15, 0.2) is 11.5 Å². The van der Waals surface area contributed by atoms with E-state index in [9.17, 15) is 10.1 Å². The lowest BCUT2D eigenvalue weighted by atomic mass is 9.94. The van der Waals surface area contributed by atoms with E-state index in [1.165, 1.54) is 0 Å². The van der Waals surface area contributed by atoms with E-state index in [0.29, 0.717) is 43.1 Å². The first-order chi connectivity index (χ1) is 12.1. The van der Waals surface area contributed by atoms with Crippen molar-refractivity contribution in [3.63, 3.8) is 0 Å². The van der Waals surface area contributed by atoms with Gasteiger partial charge in [0.2, 0.25) is 0 Å². The number of aryl methyl sites for hydroxylation is 1. The summed E-state index contributed by atoms with van der Waals surface area (Å²) in [5.74, 6) is 0.894. The number of fused-ring (bicyclic) bond motifs is 1. The third-order valence-corrected chi connectivity index (χ3v) is 4.20. The summed E-state index contributed by atoms with van der Waals surface area (Å²) in [6.07, 6.45) is 1.25. The number of carbonyl (C=O) groups excluding carboxylic acids is 1. The van der Waals surface area contributed by atoms with Crippen LogP contribution in [0.2, 0.25) is 0 Å². The number of ether oxygens (including phenoxy) is 2. The number of hydrogen-bond donors (Lipinski definition) is 1. The van der Waals surface area contributed by atoms with Crippen LogP contribution in [0.5, 0.6) is 11.5 Å². The van der Waals surface area contributed by atoms with Crippen LogP contribution < -0.4 is 14.8 Å². The van der Waals surface area contributed by atoms with E-state index >= 15 is 0 Å². The summed E-state index contributed by atoms with van der Waals surface area (Å²) in [5.41, 5.74) is 0.642. The Kier molecular flexibility index (Phi) is 4.90. The molecule has 1 N–H and O–H groups in total. The Bertz CT molecular complexity index is 798. The Morgan fingerprint density at radius 3 is 2.60 bits per heavy atom. The molecule has 0 saturated heterocycles. The zero-order valence-electron chi connectivity index (χ0n) is 14.1. The number of nitrogens with one attached hydrogen (secondary N) is 1. The summed E-state index contributed by atoms with van der Waals surface area (Å²) in [6, 6.07) is 17.2. The number of rotatable bonds is 5. The predicted octanol–water partition coefficient (Wildman–Crippen LogP) is 3.10. The summed E-state index contributed by atoms with van der Waals surface area (Å²) in [6.45, 7) is 2.71. The highest BCUT2D eigenvalue weighted by Gasteiger charge is 2.27. The fourth-order valence-corrected chi connectivity index (χ4v) is 2.69. The average Bonchev–Trinajstić information content (AvgIpc) is 2.67. The zero-order valence-corrected chi connectivity index (χ0v) is 14.1. The smallest absolute Gasteiger partial charge is 0.252 e. The molecule has 0 saturated carbocycles. The van der Waals surface area contributed by atoms with E-state index in [-0.39, 0.29) is 5.91 Å². The molecule has 5 nitrogen and oxygen atoms in total. The Morgan fingerprint density at radius 1 is 1.16 bits per heavy atom. The molecule has 0 aromatic heterocycles. The van der Waals surface area contributed by atoms with Crippen molar-refractivity contribution < 1.29 is 14.3 Å². The third kappa shape index (κ3) is 4.10. The summed E-state index contributed by atoms with van der Waals surface area (Å²) in [4.78, 5) is 12.6. The molecule has 1 aliphatic heterocycles. The van der Waals surface area contributed by atoms with Crippen molar-refractivity contribution in [2.75, 3.05) is 13.2 Å². The number of nitriles is 1. The molecule has 0 radical (unpaired) electrons. The zero-order chi connectivity index (χ0) is 17.7. The van der Waals surface area contributed by atoms with Crippen molar-refractivity contribution in [3.8, 4) is 17.6 Å². The maximum Gasteiger partial charge on any atom is 0.252 e. The van der Waals surface area contributed by atoms with Gasteiger partial charge in [-0.3, -0.25) is 4.79 Å². The van der Waals surface area contributed by atoms with Gasteiger partial charge in [-0.15, -0.1) is 0 Å². The molecule has 0 spiro atoms. The first kappa shape index (κ1) is 16.8. The van der Waals surface area contributed by atoms with Crippen LogP contribution in [-0.2, 0) is 6.42 Å². The largest absolute Gasteiger partial charge is 0.486 e. The van der Waals surface area contributed by atoms with Crippen LogP contribution in [0.3, 0.4) is 0 Å². The van der Waals surface area contributed by atoms with Gasteiger partial charge in [0.05, 0.1) is 6.07 Å². The van der Waals surface area contributed by atoms with Gasteiger partial charge in [-0.2, -0.15) is 5.26 Å². The van der Waals surface area contributed by atoms with E-state index in [2.05, 4.69) is 11.4 Å². The van der Waals surface area contributed by atoms with Crippen LogP contribution in [0.15, 0.2) is 48.5 Å². The van der Waals surface area contributed by atoms with Crippen LogP contribution in [0.4, 0.5) is 0 Å². The van der Waals surface area contributed by atoms with E-state index in [1.807, 2.05) is 30.3 Å². The molecule has 2 aromatic rings. The lowest BCUT2D eigenvalue weighted by molar-refractivity contribution is 0.0920. The molecule has 0 aliphatic carbocycles. The van der Waals surface area contributed by atoms with Gasteiger partial charge < -0.3 is 14.8 Å². The molecule has 0 unspecified atom stereocenters. The summed E-state index contributed by atoms with van der Waals surface area (Å²) < 4.78 is 11.0. The second kappa shape index (κ2) is 7.27. The van der Waals surface area contributed by atoms with Gasteiger partial charge in [-0.25, -0.2) is 0 Å². The fourth-order valence-electron chi connectivity index (χ4n) is 2.69. The minimum absolute atomic E-state index is 0.297. The van der Waals surface area contributed by atoms with Gasteiger partial charge in [0.1, 0.15) is 18.8 Å². The first-order valence-electron chi connectivity index (χ1n) is 8.27. The Hall–Kier alpha value is -3.00. The summed E-state index contributed by atoms with van der Waals surface area (Å²) >= 11 is 0. The molecular weight excluding hydrogens is 316 g/mol. The molecule has 2 aromatic carbocycles. The highest BCUT2D eigenvalue weighted by atomic mass is 16.6. The quantitative estimate of drug-likeness (QED) is 0.911. The summed E-state index contributed by atoms with van der Waals surface area (Å²) in [5, 5.41) is 12.4. The summed E-state index contributed by atoms with van der Waals surface area (Å²) in [7, 11) is 0. The standard InChI is InChI=1S/C20H20N2O3/c1-20(14-21,10-9-15-5-3-2-4-6-15)22-19(23)16-7-8-17-18(13-16)25-12-11-24-17/h2-8,13H,9-12H2,1H3,(H,22,23)/t20-/m0/s1. The van der Waals surface area contributed by atoms with Crippen LogP contribution in [0, 0.1) is 11.3 Å². The van der Waals surface area contributed by atoms with E-state index in [4.69, 9.17) is 9.47 Å². The molecule has 25 heavy (non-hydrogen) atoms. The molecule has 1 atom stereocenters.